The van der Waals surface area contributed by atoms with Crippen LogP contribution in [0.2, 0.25) is 0 Å². The molecule has 4 fully saturated rings. The molecule has 4 saturated carbocycles. The quantitative estimate of drug-likeness (QED) is 0.421. The van der Waals surface area contributed by atoms with Crippen molar-refractivity contribution in [3.05, 3.63) is 30.6 Å². The van der Waals surface area contributed by atoms with Gasteiger partial charge in [0.2, 0.25) is 0 Å². The number of Topliss-reactive ketones (excluding diaryl/α,β-unsaturated/α-hetero) is 3. The number of benzene rings is 1. The summed E-state index contributed by atoms with van der Waals surface area (Å²) in [4.78, 5) is 56.7. The third-order valence-electron chi connectivity index (χ3n) is 11.8. The van der Waals surface area contributed by atoms with Gasteiger partial charge >= 0.3 is 5.97 Å². The molecule has 6 rings (SSSR count). The minimum atomic E-state index is -0.518. The molecule has 0 bridgehead atoms. The Morgan fingerprint density at radius 1 is 1.10 bits per heavy atom. The average molecular weight is 547 g/mol. The van der Waals surface area contributed by atoms with E-state index in [1.54, 1.807) is 6.33 Å². The summed E-state index contributed by atoms with van der Waals surface area (Å²) in [5, 5.41) is 0. The van der Waals surface area contributed by atoms with E-state index < -0.39 is 5.41 Å². The van der Waals surface area contributed by atoms with Gasteiger partial charge in [0.25, 0.3) is 0 Å². The molecular formula is C33H42N2O5. The third kappa shape index (κ3) is 4.35. The van der Waals surface area contributed by atoms with Crippen LogP contribution in [-0.4, -0.2) is 39.5 Å². The maximum atomic E-state index is 14.0. The predicted molar refractivity (Wildman–Crippen MR) is 150 cm³/mol. The van der Waals surface area contributed by atoms with E-state index in [1.165, 1.54) is 0 Å². The maximum absolute atomic E-state index is 14.0. The molecule has 0 saturated heterocycles. The second-order valence-electron chi connectivity index (χ2n) is 13.6. The first-order valence-corrected chi connectivity index (χ1v) is 15.3. The maximum Gasteiger partial charge on any atom is 0.305 e. The minimum Gasteiger partial charge on any atom is -0.464 e. The highest BCUT2D eigenvalue weighted by molar-refractivity contribution is 5.93. The fourth-order valence-corrected chi connectivity index (χ4v) is 9.46. The van der Waals surface area contributed by atoms with Gasteiger partial charge in [0.05, 0.1) is 23.9 Å². The highest BCUT2D eigenvalue weighted by atomic mass is 16.5. The number of esters is 1. The lowest BCUT2D eigenvalue weighted by Crippen LogP contribution is -2.60. The summed E-state index contributed by atoms with van der Waals surface area (Å²) < 4.78 is 7.55. The van der Waals surface area contributed by atoms with Crippen molar-refractivity contribution in [3.63, 3.8) is 0 Å². The van der Waals surface area contributed by atoms with Crippen molar-refractivity contribution in [1.82, 2.24) is 9.55 Å². The third-order valence-corrected chi connectivity index (χ3v) is 11.8. The number of imidazole rings is 1. The molecule has 4 aliphatic rings. The van der Waals surface area contributed by atoms with E-state index in [2.05, 4.69) is 25.8 Å². The molecule has 214 valence electrons. The Hall–Kier alpha value is -2.83. The number of aromatic nitrogens is 2. The zero-order valence-electron chi connectivity index (χ0n) is 24.1. The Morgan fingerprint density at radius 3 is 2.73 bits per heavy atom. The van der Waals surface area contributed by atoms with Gasteiger partial charge in [-0.05, 0) is 72.8 Å². The summed E-state index contributed by atoms with van der Waals surface area (Å²) in [5.74, 6) is 1.16. The zero-order chi connectivity index (χ0) is 28.2. The number of para-hydroxylation sites is 2. The van der Waals surface area contributed by atoms with Crippen molar-refractivity contribution in [3.8, 4) is 0 Å². The van der Waals surface area contributed by atoms with Crippen LogP contribution in [0, 0.1) is 46.3 Å². The number of carbonyl (C=O) groups is 4. The molecule has 0 amide bonds. The van der Waals surface area contributed by atoms with Crippen molar-refractivity contribution in [2.75, 3.05) is 6.61 Å². The van der Waals surface area contributed by atoms with Gasteiger partial charge in [-0.2, -0.15) is 0 Å². The topological polar surface area (TPSA) is 95.3 Å². The summed E-state index contributed by atoms with van der Waals surface area (Å²) in [6.07, 6.45) is 7.43. The molecular weight excluding hydrogens is 504 g/mol. The fourth-order valence-electron chi connectivity index (χ4n) is 9.46. The largest absolute Gasteiger partial charge is 0.464 e. The second kappa shape index (κ2) is 10.2. The normalized spacial score (nSPS) is 36.2. The first kappa shape index (κ1) is 27.3. The smallest absolute Gasteiger partial charge is 0.305 e. The van der Waals surface area contributed by atoms with Gasteiger partial charge in [-0.3, -0.25) is 19.2 Å². The molecule has 4 aliphatic carbocycles. The van der Waals surface area contributed by atoms with Crippen LogP contribution in [-0.2, 0) is 30.5 Å². The van der Waals surface area contributed by atoms with Crippen LogP contribution >= 0.6 is 0 Å². The van der Waals surface area contributed by atoms with Crippen molar-refractivity contribution >= 4 is 34.4 Å². The van der Waals surface area contributed by atoms with Crippen LogP contribution in [0.3, 0.4) is 0 Å². The number of ether oxygens (including phenoxy) is 1. The Labute approximate surface area is 236 Å². The van der Waals surface area contributed by atoms with Gasteiger partial charge in [-0.15, -0.1) is 0 Å². The van der Waals surface area contributed by atoms with Gasteiger partial charge in [0.15, 0.2) is 0 Å². The molecule has 7 heteroatoms. The van der Waals surface area contributed by atoms with Crippen molar-refractivity contribution in [2.24, 2.45) is 46.3 Å². The average Bonchev–Trinajstić information content (AvgIpc) is 3.51. The SMILES string of the molecule is CC(CCC(=O)OCCn1cnc2ccccc21)C1CCC2C3C(=O)CC4CC(=O)CCC4(C)C3CC(=O)C12C. The van der Waals surface area contributed by atoms with Crippen molar-refractivity contribution in [2.45, 2.75) is 85.1 Å². The van der Waals surface area contributed by atoms with E-state index in [0.717, 1.165) is 30.3 Å². The minimum absolute atomic E-state index is 0.0640. The molecule has 8 unspecified atom stereocenters. The molecule has 1 aromatic carbocycles. The van der Waals surface area contributed by atoms with Crippen molar-refractivity contribution < 1.29 is 23.9 Å². The summed E-state index contributed by atoms with van der Waals surface area (Å²) in [6, 6.07) is 7.89. The number of hydrogen-bond donors (Lipinski definition) is 0. The predicted octanol–water partition coefficient (Wildman–Crippen LogP) is 5.58. The van der Waals surface area contributed by atoms with E-state index in [9.17, 15) is 19.2 Å². The van der Waals surface area contributed by atoms with Gasteiger partial charge in [-0.1, -0.05) is 32.9 Å². The molecule has 0 N–H and O–H groups in total. The molecule has 1 heterocycles. The van der Waals surface area contributed by atoms with E-state index in [1.807, 2.05) is 28.8 Å². The Balaban J connectivity index is 1.07. The summed E-state index contributed by atoms with van der Waals surface area (Å²) in [6.45, 7) is 7.38. The van der Waals surface area contributed by atoms with E-state index >= 15 is 0 Å². The number of rotatable bonds is 7. The zero-order valence-corrected chi connectivity index (χ0v) is 24.1. The van der Waals surface area contributed by atoms with Crippen LogP contribution in [0.25, 0.3) is 11.0 Å². The van der Waals surface area contributed by atoms with E-state index in [-0.39, 0.29) is 58.5 Å². The number of fused-ring (bicyclic) bond motifs is 6. The monoisotopic (exact) mass is 546 g/mol. The van der Waals surface area contributed by atoms with Crippen LogP contribution < -0.4 is 0 Å². The van der Waals surface area contributed by atoms with Crippen LogP contribution in [0.5, 0.6) is 0 Å². The molecule has 2 aromatic rings. The molecule has 8 atom stereocenters. The Kier molecular flexibility index (Phi) is 6.99. The molecule has 40 heavy (non-hydrogen) atoms. The first-order valence-electron chi connectivity index (χ1n) is 15.3. The highest BCUT2D eigenvalue weighted by Crippen LogP contribution is 2.66. The van der Waals surface area contributed by atoms with Crippen LogP contribution in [0.1, 0.15) is 78.6 Å². The summed E-state index contributed by atoms with van der Waals surface area (Å²) in [7, 11) is 0. The Morgan fingerprint density at radius 2 is 1.90 bits per heavy atom. The molecule has 0 radical (unpaired) electrons. The fraction of sp³-hybridized carbons (Fsp3) is 0.667. The standard InChI is InChI=1S/C33H42N2O5/c1-20(8-11-30(39)40-15-14-35-19-34-26-6-4-5-7-27(26)35)23-9-10-24-31-25(18-29(38)33(23,24)3)32(2)13-12-22(36)16-21(32)17-28(31)37/h4-7,19-21,23-25,31H,8-18H2,1-3H3. The molecule has 1 aromatic heterocycles. The van der Waals surface area contributed by atoms with Crippen molar-refractivity contribution in [1.29, 1.82) is 0 Å². The highest BCUT2D eigenvalue weighted by Gasteiger charge is 2.66. The number of ketones is 3. The molecule has 0 spiro atoms. The second-order valence-corrected chi connectivity index (χ2v) is 13.6. The van der Waals surface area contributed by atoms with Gasteiger partial charge in [0.1, 0.15) is 24.0 Å². The molecule has 0 aliphatic heterocycles. The molecule has 7 nitrogen and oxygen atoms in total. The van der Waals surface area contributed by atoms with E-state index in [4.69, 9.17) is 4.74 Å². The lowest BCUT2D eigenvalue weighted by Gasteiger charge is -2.58. The van der Waals surface area contributed by atoms with Crippen LogP contribution in [0.15, 0.2) is 30.6 Å². The summed E-state index contributed by atoms with van der Waals surface area (Å²) in [5.41, 5.74) is 1.33. The van der Waals surface area contributed by atoms with Gasteiger partial charge < -0.3 is 9.30 Å². The van der Waals surface area contributed by atoms with E-state index in [0.29, 0.717) is 57.5 Å². The Bertz CT molecular complexity index is 1350. The number of hydrogen-bond acceptors (Lipinski definition) is 6. The van der Waals surface area contributed by atoms with Gasteiger partial charge in [-0.25, -0.2) is 4.98 Å². The van der Waals surface area contributed by atoms with Gasteiger partial charge in [0, 0.05) is 43.4 Å². The lowest BCUT2D eigenvalue weighted by molar-refractivity contribution is -0.166. The first-order chi connectivity index (χ1) is 19.1. The lowest BCUT2D eigenvalue weighted by atomic mass is 9.44. The number of nitrogens with zero attached hydrogens (tertiary/aromatic N) is 2. The van der Waals surface area contributed by atoms with Crippen LogP contribution in [0.4, 0.5) is 0 Å². The number of carbonyl (C=O) groups excluding carboxylic acids is 4. The summed E-state index contributed by atoms with van der Waals surface area (Å²) >= 11 is 0.